The monoisotopic (exact) mass is 291 g/mol. The van der Waals surface area contributed by atoms with Gasteiger partial charge in [-0.3, -0.25) is 0 Å². The third-order valence-electron chi connectivity index (χ3n) is 4.33. The summed E-state index contributed by atoms with van der Waals surface area (Å²) in [7, 11) is 0. The minimum Gasteiger partial charge on any atom is -0.490 e. The van der Waals surface area contributed by atoms with Gasteiger partial charge >= 0.3 is 0 Å². The van der Waals surface area contributed by atoms with Gasteiger partial charge in [0.15, 0.2) is 0 Å². The fourth-order valence-electron chi connectivity index (χ4n) is 3.34. The molecule has 21 heavy (non-hydrogen) atoms. The Balaban J connectivity index is 1.99. The second-order valence-electron chi connectivity index (χ2n) is 6.57. The zero-order chi connectivity index (χ0) is 15.3. The Kier molecular flexibility index (Phi) is 5.65. The molecule has 118 valence electrons. The third kappa shape index (κ3) is 4.45. The molecule has 2 N–H and O–H groups in total. The second kappa shape index (κ2) is 7.28. The van der Waals surface area contributed by atoms with Crippen LogP contribution in [0.5, 0.6) is 5.75 Å². The summed E-state index contributed by atoms with van der Waals surface area (Å²) in [5.41, 5.74) is 1.15. The van der Waals surface area contributed by atoms with Crippen molar-refractivity contribution in [3.05, 3.63) is 29.8 Å². The summed E-state index contributed by atoms with van der Waals surface area (Å²) in [5, 5.41) is 13.4. The maximum absolute atomic E-state index is 9.82. The second-order valence-corrected chi connectivity index (χ2v) is 6.57. The van der Waals surface area contributed by atoms with Crippen LogP contribution < -0.4 is 10.1 Å². The minimum absolute atomic E-state index is 0.180. The number of hydrogen-bond acceptors (Lipinski definition) is 3. The Hall–Kier alpha value is -1.06. The standard InChI is InChI=1S/C18H29NO2/c1-4-15-7-9-16(10-8-15)21-17-6-5-11-18(12-17,13-20)19-14(2)3/h7-10,14,17,19-20H,4-6,11-13H2,1-3H3. The first-order valence-corrected chi connectivity index (χ1v) is 8.21. The van der Waals surface area contributed by atoms with E-state index < -0.39 is 0 Å². The van der Waals surface area contributed by atoms with E-state index in [1.54, 1.807) is 0 Å². The van der Waals surface area contributed by atoms with E-state index in [9.17, 15) is 5.11 Å². The Morgan fingerprint density at radius 2 is 2.05 bits per heavy atom. The molecule has 0 bridgehead atoms. The summed E-state index contributed by atoms with van der Waals surface area (Å²) >= 11 is 0. The molecule has 2 atom stereocenters. The molecule has 3 nitrogen and oxygen atoms in total. The van der Waals surface area contributed by atoms with Crippen molar-refractivity contribution in [2.75, 3.05) is 6.61 Å². The quantitative estimate of drug-likeness (QED) is 0.845. The number of ether oxygens (including phenoxy) is 1. The molecule has 3 heteroatoms. The lowest BCUT2D eigenvalue weighted by Gasteiger charge is -2.41. The molecule has 2 unspecified atom stereocenters. The van der Waals surface area contributed by atoms with Crippen molar-refractivity contribution in [1.29, 1.82) is 0 Å². The summed E-state index contributed by atoms with van der Waals surface area (Å²) < 4.78 is 6.14. The predicted molar refractivity (Wildman–Crippen MR) is 86.8 cm³/mol. The van der Waals surface area contributed by atoms with Crippen LogP contribution in [0.4, 0.5) is 0 Å². The molecular weight excluding hydrogens is 262 g/mol. The molecule has 0 saturated heterocycles. The first kappa shape index (κ1) is 16.3. The van der Waals surface area contributed by atoms with Gasteiger partial charge in [0.05, 0.1) is 6.61 Å². The number of aliphatic hydroxyl groups is 1. The molecule has 0 aromatic heterocycles. The van der Waals surface area contributed by atoms with E-state index in [1.807, 2.05) is 0 Å². The van der Waals surface area contributed by atoms with Gasteiger partial charge in [0.1, 0.15) is 11.9 Å². The molecule has 1 fully saturated rings. The van der Waals surface area contributed by atoms with Crippen molar-refractivity contribution >= 4 is 0 Å². The number of aryl methyl sites for hydroxylation is 1. The molecule has 0 aliphatic heterocycles. The summed E-state index contributed by atoms with van der Waals surface area (Å²) in [6, 6.07) is 8.75. The lowest BCUT2D eigenvalue weighted by molar-refractivity contribution is 0.0461. The van der Waals surface area contributed by atoms with Crippen LogP contribution >= 0.6 is 0 Å². The van der Waals surface area contributed by atoms with E-state index in [0.717, 1.165) is 37.9 Å². The Bertz CT molecular complexity index is 429. The van der Waals surface area contributed by atoms with Crippen molar-refractivity contribution in [3.63, 3.8) is 0 Å². The highest BCUT2D eigenvalue weighted by Crippen LogP contribution is 2.31. The van der Waals surface area contributed by atoms with Gasteiger partial charge in [-0.2, -0.15) is 0 Å². The topological polar surface area (TPSA) is 41.5 Å². The number of aliphatic hydroxyl groups excluding tert-OH is 1. The molecule has 1 aliphatic carbocycles. The van der Waals surface area contributed by atoms with Gasteiger partial charge in [-0.05, 0) is 43.4 Å². The van der Waals surface area contributed by atoms with Gasteiger partial charge in [0, 0.05) is 18.0 Å². The summed E-state index contributed by atoms with van der Waals surface area (Å²) in [4.78, 5) is 0. The number of nitrogens with one attached hydrogen (secondary N) is 1. The zero-order valence-electron chi connectivity index (χ0n) is 13.6. The molecule has 1 aromatic carbocycles. The van der Waals surface area contributed by atoms with Crippen LogP contribution in [0, 0.1) is 0 Å². The van der Waals surface area contributed by atoms with Gasteiger partial charge in [0.25, 0.3) is 0 Å². The van der Waals surface area contributed by atoms with E-state index in [4.69, 9.17) is 4.74 Å². The highest BCUT2D eigenvalue weighted by atomic mass is 16.5. The van der Waals surface area contributed by atoms with Crippen LogP contribution in [0.2, 0.25) is 0 Å². The van der Waals surface area contributed by atoms with Crippen LogP contribution in [0.25, 0.3) is 0 Å². The van der Waals surface area contributed by atoms with E-state index in [1.165, 1.54) is 5.56 Å². The molecule has 0 amide bonds. The van der Waals surface area contributed by atoms with Crippen molar-refractivity contribution in [2.45, 2.75) is 70.6 Å². The van der Waals surface area contributed by atoms with Crippen LogP contribution in [0.1, 0.15) is 52.0 Å². The zero-order valence-corrected chi connectivity index (χ0v) is 13.6. The Morgan fingerprint density at radius 1 is 1.33 bits per heavy atom. The van der Waals surface area contributed by atoms with Crippen LogP contribution in [-0.2, 0) is 6.42 Å². The SMILES string of the molecule is CCc1ccc(OC2CCCC(CO)(NC(C)C)C2)cc1. The fourth-order valence-corrected chi connectivity index (χ4v) is 3.34. The van der Waals surface area contributed by atoms with Crippen molar-refractivity contribution in [2.24, 2.45) is 0 Å². The van der Waals surface area contributed by atoms with Crippen molar-refractivity contribution in [3.8, 4) is 5.75 Å². The Labute approximate surface area is 128 Å². The average Bonchev–Trinajstić information content (AvgIpc) is 2.47. The first-order chi connectivity index (χ1) is 10.1. The minimum atomic E-state index is -0.180. The highest BCUT2D eigenvalue weighted by molar-refractivity contribution is 5.27. The molecule has 1 aromatic rings. The van der Waals surface area contributed by atoms with E-state index >= 15 is 0 Å². The van der Waals surface area contributed by atoms with Gasteiger partial charge in [-0.1, -0.05) is 32.9 Å². The average molecular weight is 291 g/mol. The van der Waals surface area contributed by atoms with Gasteiger partial charge in [0.2, 0.25) is 0 Å². The number of benzene rings is 1. The summed E-state index contributed by atoms with van der Waals surface area (Å²) in [6.45, 7) is 6.60. The highest BCUT2D eigenvalue weighted by Gasteiger charge is 2.37. The van der Waals surface area contributed by atoms with E-state index in [-0.39, 0.29) is 18.2 Å². The van der Waals surface area contributed by atoms with E-state index in [0.29, 0.717) is 6.04 Å². The fraction of sp³-hybridized carbons (Fsp3) is 0.667. The van der Waals surface area contributed by atoms with Gasteiger partial charge < -0.3 is 15.2 Å². The van der Waals surface area contributed by atoms with Crippen molar-refractivity contribution < 1.29 is 9.84 Å². The number of rotatable bonds is 6. The third-order valence-corrected chi connectivity index (χ3v) is 4.33. The van der Waals surface area contributed by atoms with Crippen LogP contribution in [-0.4, -0.2) is 29.4 Å². The van der Waals surface area contributed by atoms with Crippen molar-refractivity contribution in [1.82, 2.24) is 5.32 Å². The van der Waals surface area contributed by atoms with Gasteiger partial charge in [-0.15, -0.1) is 0 Å². The molecule has 0 spiro atoms. The molecular formula is C18H29NO2. The first-order valence-electron chi connectivity index (χ1n) is 8.21. The van der Waals surface area contributed by atoms with Gasteiger partial charge in [-0.25, -0.2) is 0 Å². The molecule has 2 rings (SSSR count). The number of hydrogen-bond donors (Lipinski definition) is 2. The smallest absolute Gasteiger partial charge is 0.119 e. The van der Waals surface area contributed by atoms with E-state index in [2.05, 4.69) is 50.4 Å². The predicted octanol–water partition coefficient (Wildman–Crippen LogP) is 3.30. The molecule has 0 heterocycles. The maximum Gasteiger partial charge on any atom is 0.119 e. The van der Waals surface area contributed by atoms with Crippen LogP contribution in [0.3, 0.4) is 0 Å². The molecule has 0 radical (unpaired) electrons. The summed E-state index contributed by atoms with van der Waals surface area (Å²) in [5.74, 6) is 0.940. The molecule has 1 aliphatic rings. The summed E-state index contributed by atoms with van der Waals surface area (Å²) in [6.07, 6.45) is 5.29. The Morgan fingerprint density at radius 3 is 2.62 bits per heavy atom. The molecule has 1 saturated carbocycles. The normalized spacial score (nSPS) is 26.0. The maximum atomic E-state index is 9.82. The van der Waals surface area contributed by atoms with Crippen LogP contribution in [0.15, 0.2) is 24.3 Å². The lowest BCUT2D eigenvalue weighted by atomic mass is 9.80. The largest absolute Gasteiger partial charge is 0.490 e. The lowest BCUT2D eigenvalue weighted by Crippen LogP contribution is -2.55.